The molecule has 0 atom stereocenters. The van der Waals surface area contributed by atoms with Gasteiger partial charge in [0.25, 0.3) is 0 Å². The highest BCUT2D eigenvalue weighted by Gasteiger charge is 2.16. The first-order valence-electron chi connectivity index (χ1n) is 3.52. The Morgan fingerprint density at radius 2 is 1.67 bits per heavy atom. The highest BCUT2D eigenvalue weighted by Crippen LogP contribution is 2.07. The maximum absolute atomic E-state index is 10.8. The van der Waals surface area contributed by atoms with Gasteiger partial charge in [-0.2, -0.15) is 0 Å². The summed E-state index contributed by atoms with van der Waals surface area (Å²) in [5.41, 5.74) is -0.494. The Bertz CT molecular complexity index is 170. The van der Waals surface area contributed by atoms with Crippen LogP contribution in [0.5, 0.6) is 0 Å². The van der Waals surface area contributed by atoms with Gasteiger partial charge in [-0.1, -0.05) is 0 Å². The minimum atomic E-state index is -0.494. The van der Waals surface area contributed by atoms with Gasteiger partial charge in [-0.05, 0) is 27.7 Å². The molecule has 0 radical (unpaired) electrons. The summed E-state index contributed by atoms with van der Waals surface area (Å²) in [5.74, 6) is -0.621. The summed E-state index contributed by atoms with van der Waals surface area (Å²) >= 11 is 0. The van der Waals surface area contributed by atoms with Crippen LogP contribution >= 0.6 is 0 Å². The molecule has 72 valence electrons. The summed E-state index contributed by atoms with van der Waals surface area (Å²) in [6.45, 7) is 6.67. The SMILES string of the molecule is CC(=O)CC(=O)OC(C)(C)C.N. The zero-order valence-electron chi connectivity index (χ0n) is 8.14. The highest BCUT2D eigenvalue weighted by atomic mass is 16.6. The number of carbonyl (C=O) groups is 2. The Balaban J connectivity index is 0. The third-order valence-corrected chi connectivity index (χ3v) is 0.813. The van der Waals surface area contributed by atoms with Gasteiger partial charge in [0.05, 0.1) is 0 Å². The number of rotatable bonds is 2. The molecule has 0 aromatic carbocycles. The van der Waals surface area contributed by atoms with E-state index >= 15 is 0 Å². The molecule has 0 rings (SSSR count). The van der Waals surface area contributed by atoms with Crippen molar-refractivity contribution in [2.75, 3.05) is 0 Å². The summed E-state index contributed by atoms with van der Waals surface area (Å²) in [6.07, 6.45) is -0.128. The zero-order valence-corrected chi connectivity index (χ0v) is 8.14. The van der Waals surface area contributed by atoms with Crippen LogP contribution in [0.3, 0.4) is 0 Å². The van der Waals surface area contributed by atoms with Crippen LogP contribution in [0, 0.1) is 0 Å². The third kappa shape index (κ3) is 9.10. The van der Waals surface area contributed by atoms with Crippen LogP contribution in [0.2, 0.25) is 0 Å². The fourth-order valence-corrected chi connectivity index (χ4v) is 0.581. The number of Topliss-reactive ketones (excluding diaryl/α,β-unsaturated/α-hetero) is 1. The lowest BCUT2D eigenvalue weighted by Crippen LogP contribution is -2.24. The van der Waals surface area contributed by atoms with Crippen LogP contribution in [0.15, 0.2) is 0 Å². The molecule has 0 aliphatic carbocycles. The predicted octanol–water partition coefficient (Wildman–Crippen LogP) is 1.47. The second-order valence-electron chi connectivity index (χ2n) is 3.47. The van der Waals surface area contributed by atoms with Gasteiger partial charge in [-0.3, -0.25) is 9.59 Å². The van der Waals surface area contributed by atoms with Crippen molar-refractivity contribution in [2.24, 2.45) is 0 Å². The van der Waals surface area contributed by atoms with E-state index in [9.17, 15) is 9.59 Å². The minimum Gasteiger partial charge on any atom is -0.460 e. The van der Waals surface area contributed by atoms with E-state index < -0.39 is 11.6 Å². The van der Waals surface area contributed by atoms with E-state index in [-0.39, 0.29) is 18.4 Å². The quantitative estimate of drug-likeness (QED) is 0.509. The van der Waals surface area contributed by atoms with Crippen molar-refractivity contribution in [1.82, 2.24) is 6.15 Å². The van der Waals surface area contributed by atoms with Crippen molar-refractivity contribution in [1.29, 1.82) is 0 Å². The molecule has 4 nitrogen and oxygen atoms in total. The largest absolute Gasteiger partial charge is 0.460 e. The molecule has 0 amide bonds. The van der Waals surface area contributed by atoms with Gasteiger partial charge in [-0.15, -0.1) is 0 Å². The molecule has 4 heteroatoms. The summed E-state index contributed by atoms with van der Waals surface area (Å²) in [6, 6.07) is 0. The van der Waals surface area contributed by atoms with Gasteiger partial charge in [0.1, 0.15) is 17.8 Å². The fourth-order valence-electron chi connectivity index (χ4n) is 0.581. The van der Waals surface area contributed by atoms with E-state index in [0.717, 1.165) is 0 Å². The maximum atomic E-state index is 10.8. The molecule has 0 spiro atoms. The Morgan fingerprint density at radius 3 is 1.92 bits per heavy atom. The Labute approximate surface area is 72.9 Å². The Hall–Kier alpha value is -0.900. The second kappa shape index (κ2) is 4.87. The maximum Gasteiger partial charge on any atom is 0.313 e. The number of esters is 1. The molecule has 0 aliphatic heterocycles. The number of ketones is 1. The normalized spacial score (nSPS) is 10.0. The molecule has 12 heavy (non-hydrogen) atoms. The lowest BCUT2D eigenvalue weighted by Gasteiger charge is -2.18. The zero-order chi connectivity index (χ0) is 9.07. The van der Waals surface area contributed by atoms with Crippen LogP contribution in [0.25, 0.3) is 0 Å². The Kier molecular flexibility index (Phi) is 5.55. The van der Waals surface area contributed by atoms with E-state index in [4.69, 9.17) is 4.74 Å². The van der Waals surface area contributed by atoms with Crippen molar-refractivity contribution in [3.63, 3.8) is 0 Å². The first-order chi connectivity index (χ1) is 4.81. The van der Waals surface area contributed by atoms with Crippen LogP contribution in [0.4, 0.5) is 0 Å². The molecule has 3 N–H and O–H groups in total. The average Bonchev–Trinajstić information content (AvgIpc) is 1.53. The molecule has 0 saturated heterocycles. The van der Waals surface area contributed by atoms with Crippen LogP contribution in [-0.2, 0) is 14.3 Å². The molecule has 0 aliphatic rings. The number of carbonyl (C=O) groups excluding carboxylic acids is 2. The first-order valence-corrected chi connectivity index (χ1v) is 3.52. The molecule has 0 heterocycles. The average molecular weight is 175 g/mol. The van der Waals surface area contributed by atoms with Gasteiger partial charge >= 0.3 is 5.97 Å². The van der Waals surface area contributed by atoms with Gasteiger partial charge in [0.15, 0.2) is 0 Å². The van der Waals surface area contributed by atoms with Crippen LogP contribution in [-0.4, -0.2) is 17.4 Å². The minimum absolute atomic E-state index is 0. The van der Waals surface area contributed by atoms with E-state index in [2.05, 4.69) is 0 Å². The standard InChI is InChI=1S/C8H14O3.H3N/c1-6(9)5-7(10)11-8(2,3)4;/h5H2,1-4H3;1H3. The molecular formula is C8H17NO3. The van der Waals surface area contributed by atoms with Crippen molar-refractivity contribution in [3.05, 3.63) is 0 Å². The molecule has 0 bridgehead atoms. The van der Waals surface area contributed by atoms with Crippen molar-refractivity contribution < 1.29 is 14.3 Å². The summed E-state index contributed by atoms with van der Waals surface area (Å²) < 4.78 is 4.89. The monoisotopic (exact) mass is 175 g/mol. The second-order valence-corrected chi connectivity index (χ2v) is 3.47. The predicted molar refractivity (Wildman–Crippen MR) is 46.2 cm³/mol. The van der Waals surface area contributed by atoms with Crippen molar-refractivity contribution in [2.45, 2.75) is 39.7 Å². The number of hydrogen-bond acceptors (Lipinski definition) is 4. The van der Waals surface area contributed by atoms with Crippen LogP contribution < -0.4 is 6.15 Å². The van der Waals surface area contributed by atoms with Gasteiger partial charge in [0, 0.05) is 0 Å². The molecule has 0 saturated carbocycles. The third-order valence-electron chi connectivity index (χ3n) is 0.813. The molecule has 0 unspecified atom stereocenters. The first kappa shape index (κ1) is 13.7. The van der Waals surface area contributed by atoms with Gasteiger partial charge in [0.2, 0.25) is 0 Å². The lowest BCUT2D eigenvalue weighted by atomic mass is 10.2. The van der Waals surface area contributed by atoms with E-state index in [1.54, 1.807) is 20.8 Å². The van der Waals surface area contributed by atoms with Gasteiger partial charge in [-0.25, -0.2) is 0 Å². The molecule has 0 aromatic heterocycles. The van der Waals surface area contributed by atoms with E-state index in [0.29, 0.717) is 0 Å². The van der Waals surface area contributed by atoms with Gasteiger partial charge < -0.3 is 10.9 Å². The Morgan fingerprint density at radius 1 is 1.25 bits per heavy atom. The van der Waals surface area contributed by atoms with Crippen molar-refractivity contribution in [3.8, 4) is 0 Å². The van der Waals surface area contributed by atoms with E-state index in [1.807, 2.05) is 0 Å². The van der Waals surface area contributed by atoms with Crippen molar-refractivity contribution >= 4 is 11.8 Å². The summed E-state index contributed by atoms with van der Waals surface area (Å²) in [5, 5.41) is 0. The molecular weight excluding hydrogens is 158 g/mol. The molecule has 0 aromatic rings. The number of hydrogen-bond donors (Lipinski definition) is 1. The van der Waals surface area contributed by atoms with E-state index in [1.165, 1.54) is 6.92 Å². The summed E-state index contributed by atoms with van der Waals surface area (Å²) in [4.78, 5) is 21.3. The topological polar surface area (TPSA) is 78.4 Å². The van der Waals surface area contributed by atoms with Crippen LogP contribution in [0.1, 0.15) is 34.1 Å². The summed E-state index contributed by atoms with van der Waals surface area (Å²) in [7, 11) is 0. The smallest absolute Gasteiger partial charge is 0.313 e. The number of ether oxygens (including phenoxy) is 1. The lowest BCUT2D eigenvalue weighted by molar-refractivity contribution is -0.155. The molecule has 0 fully saturated rings. The fraction of sp³-hybridized carbons (Fsp3) is 0.750. The highest BCUT2D eigenvalue weighted by molar-refractivity contribution is 5.94.